The summed E-state index contributed by atoms with van der Waals surface area (Å²) in [5, 5.41) is 10.2. The van der Waals surface area contributed by atoms with E-state index < -0.39 is 17.4 Å². The highest BCUT2D eigenvalue weighted by atomic mass is 16.4. The number of anilines is 1. The van der Waals surface area contributed by atoms with Gasteiger partial charge in [0.2, 0.25) is 5.91 Å². The van der Waals surface area contributed by atoms with Crippen molar-refractivity contribution in [3.63, 3.8) is 0 Å². The number of fused-ring (bicyclic) bond motifs is 1. The Morgan fingerprint density at radius 3 is 2.29 bits per heavy atom. The molecule has 182 valence electrons. The molecule has 2 atom stereocenters. The van der Waals surface area contributed by atoms with Crippen molar-refractivity contribution in [2.24, 2.45) is 11.7 Å². The Bertz CT molecular complexity index is 1170. The van der Waals surface area contributed by atoms with Gasteiger partial charge in [0.05, 0.1) is 12.5 Å². The van der Waals surface area contributed by atoms with Crippen molar-refractivity contribution in [2.45, 2.75) is 57.5 Å². The van der Waals surface area contributed by atoms with Crippen molar-refractivity contribution < 1.29 is 14.7 Å². The topological polar surface area (TPSA) is 83.6 Å². The molecule has 35 heavy (non-hydrogen) atoms. The lowest BCUT2D eigenvalue weighted by Crippen LogP contribution is -2.61. The molecule has 0 spiro atoms. The Morgan fingerprint density at radius 2 is 1.63 bits per heavy atom. The molecule has 5 heteroatoms. The summed E-state index contributed by atoms with van der Waals surface area (Å²) in [5.74, 6) is -1.92. The molecule has 0 radical (unpaired) electrons. The van der Waals surface area contributed by atoms with E-state index >= 15 is 0 Å². The number of benzene rings is 3. The van der Waals surface area contributed by atoms with Gasteiger partial charge in [-0.05, 0) is 59.9 Å². The van der Waals surface area contributed by atoms with E-state index in [1.807, 2.05) is 66.7 Å². The van der Waals surface area contributed by atoms with Crippen molar-refractivity contribution in [1.82, 2.24) is 0 Å². The number of amides is 1. The lowest BCUT2D eigenvalue weighted by atomic mass is 9.76. The first kappa shape index (κ1) is 24.7. The number of aliphatic carboxylic acids is 1. The number of carboxylic acids is 1. The van der Waals surface area contributed by atoms with Gasteiger partial charge in [0.25, 0.3) is 0 Å². The normalized spacial score (nSPS) is 18.7. The molecule has 5 nitrogen and oxygen atoms in total. The minimum Gasteiger partial charge on any atom is -0.481 e. The zero-order valence-corrected chi connectivity index (χ0v) is 20.5. The summed E-state index contributed by atoms with van der Waals surface area (Å²) >= 11 is 0. The summed E-state index contributed by atoms with van der Waals surface area (Å²) < 4.78 is 0. The van der Waals surface area contributed by atoms with Crippen LogP contribution in [0.5, 0.6) is 0 Å². The van der Waals surface area contributed by atoms with Gasteiger partial charge < -0.3 is 15.7 Å². The molecule has 3 N–H and O–H groups in total. The van der Waals surface area contributed by atoms with Crippen LogP contribution >= 0.6 is 0 Å². The van der Waals surface area contributed by atoms with Crippen molar-refractivity contribution in [2.75, 3.05) is 4.90 Å². The summed E-state index contributed by atoms with van der Waals surface area (Å²) in [6.45, 7) is 4.64. The van der Waals surface area contributed by atoms with Gasteiger partial charge in [-0.2, -0.15) is 0 Å². The monoisotopic (exact) mass is 470 g/mol. The number of para-hydroxylation sites is 1. The molecule has 3 aromatic rings. The summed E-state index contributed by atoms with van der Waals surface area (Å²) in [4.78, 5) is 28.3. The van der Waals surface area contributed by atoms with E-state index in [9.17, 15) is 14.7 Å². The Balaban J connectivity index is 1.67. The average molecular weight is 471 g/mol. The van der Waals surface area contributed by atoms with Gasteiger partial charge in [-0.1, -0.05) is 86.6 Å². The van der Waals surface area contributed by atoms with Crippen LogP contribution in [-0.4, -0.2) is 22.5 Å². The quantitative estimate of drug-likeness (QED) is 0.467. The van der Waals surface area contributed by atoms with E-state index in [0.29, 0.717) is 31.7 Å². The fraction of sp³-hybridized carbons (Fsp3) is 0.333. The molecule has 0 saturated carbocycles. The largest absolute Gasteiger partial charge is 0.481 e. The van der Waals surface area contributed by atoms with Crippen LogP contribution in [-0.2, 0) is 29.0 Å². The Labute approximate surface area is 207 Å². The van der Waals surface area contributed by atoms with E-state index in [4.69, 9.17) is 5.73 Å². The van der Waals surface area contributed by atoms with E-state index in [2.05, 4.69) is 26.0 Å². The van der Waals surface area contributed by atoms with Gasteiger partial charge >= 0.3 is 5.97 Å². The number of carboxylic acid groups (broad SMARTS) is 1. The number of aryl methyl sites for hydroxylation is 2. The third-order valence-electron chi connectivity index (χ3n) is 7.21. The number of rotatable bonds is 8. The van der Waals surface area contributed by atoms with Gasteiger partial charge in [-0.25, -0.2) is 0 Å². The zero-order chi connectivity index (χ0) is 25.0. The van der Waals surface area contributed by atoms with Crippen molar-refractivity contribution >= 4 is 17.6 Å². The molecule has 1 aliphatic heterocycles. The van der Waals surface area contributed by atoms with Crippen LogP contribution in [0.4, 0.5) is 5.69 Å². The molecular weight excluding hydrogens is 436 g/mol. The SMILES string of the molecule is CC(C)c1ccc(CN2C(=O)C(N)([C@H](CCc3ccccc3)C(=O)O)CCc3ccccc32)cc1. The number of carbonyl (C=O) groups is 2. The molecule has 0 aliphatic carbocycles. The minimum atomic E-state index is -1.50. The van der Waals surface area contributed by atoms with Crippen molar-refractivity contribution in [1.29, 1.82) is 0 Å². The number of nitrogens with two attached hydrogens (primary N) is 1. The minimum absolute atomic E-state index is 0.289. The van der Waals surface area contributed by atoms with Crippen LogP contribution in [0, 0.1) is 5.92 Å². The summed E-state index contributed by atoms with van der Waals surface area (Å²) in [7, 11) is 0. The van der Waals surface area contributed by atoms with Crippen LogP contribution in [0.3, 0.4) is 0 Å². The molecule has 1 unspecified atom stereocenters. The first-order valence-electron chi connectivity index (χ1n) is 12.3. The number of carbonyl (C=O) groups excluding carboxylic acids is 1. The average Bonchev–Trinajstić information content (AvgIpc) is 2.96. The second kappa shape index (κ2) is 10.4. The molecular formula is C30H34N2O3. The first-order valence-corrected chi connectivity index (χ1v) is 12.3. The van der Waals surface area contributed by atoms with Gasteiger partial charge in [0.1, 0.15) is 5.54 Å². The molecule has 0 saturated heterocycles. The first-order chi connectivity index (χ1) is 16.8. The third kappa shape index (κ3) is 5.30. The summed E-state index contributed by atoms with van der Waals surface area (Å²) in [6, 6.07) is 25.8. The smallest absolute Gasteiger partial charge is 0.308 e. The third-order valence-corrected chi connectivity index (χ3v) is 7.21. The molecule has 1 aliphatic rings. The summed E-state index contributed by atoms with van der Waals surface area (Å²) in [6.07, 6.45) is 1.69. The molecule has 4 rings (SSSR count). The zero-order valence-electron chi connectivity index (χ0n) is 20.5. The Morgan fingerprint density at radius 1 is 0.971 bits per heavy atom. The van der Waals surface area contributed by atoms with Gasteiger partial charge in [0, 0.05) is 5.69 Å². The van der Waals surface area contributed by atoms with Crippen molar-refractivity contribution in [3.8, 4) is 0 Å². The second-order valence-electron chi connectivity index (χ2n) is 9.87. The van der Waals surface area contributed by atoms with E-state index in [1.54, 1.807) is 4.90 Å². The van der Waals surface area contributed by atoms with Crippen LogP contribution < -0.4 is 10.6 Å². The van der Waals surface area contributed by atoms with E-state index in [1.165, 1.54) is 5.56 Å². The highest BCUT2D eigenvalue weighted by Crippen LogP contribution is 2.36. The van der Waals surface area contributed by atoms with Crippen LogP contribution in [0.25, 0.3) is 0 Å². The predicted octanol–water partition coefficient (Wildman–Crippen LogP) is 5.32. The van der Waals surface area contributed by atoms with Gasteiger partial charge in [-0.3, -0.25) is 9.59 Å². The van der Waals surface area contributed by atoms with Crippen molar-refractivity contribution in [3.05, 3.63) is 101 Å². The summed E-state index contributed by atoms with van der Waals surface area (Å²) in [5.41, 5.74) is 10.4. The fourth-order valence-electron chi connectivity index (χ4n) is 5.02. The molecule has 0 aromatic heterocycles. The van der Waals surface area contributed by atoms with Crippen LogP contribution in [0.2, 0.25) is 0 Å². The Hall–Kier alpha value is -3.44. The van der Waals surface area contributed by atoms with Gasteiger partial charge in [0.15, 0.2) is 0 Å². The van der Waals surface area contributed by atoms with Crippen LogP contribution in [0.15, 0.2) is 78.9 Å². The molecule has 1 heterocycles. The maximum atomic E-state index is 14.1. The van der Waals surface area contributed by atoms with Crippen LogP contribution in [0.1, 0.15) is 54.9 Å². The van der Waals surface area contributed by atoms with E-state index in [0.717, 1.165) is 22.4 Å². The maximum absolute atomic E-state index is 14.1. The molecule has 1 amide bonds. The van der Waals surface area contributed by atoms with E-state index in [-0.39, 0.29) is 12.3 Å². The lowest BCUT2D eigenvalue weighted by Gasteiger charge is -2.36. The number of hydrogen-bond acceptors (Lipinski definition) is 3. The second-order valence-corrected chi connectivity index (χ2v) is 9.87. The lowest BCUT2D eigenvalue weighted by molar-refractivity contribution is -0.148. The maximum Gasteiger partial charge on any atom is 0.308 e. The fourth-order valence-corrected chi connectivity index (χ4v) is 5.02. The molecule has 3 aromatic carbocycles. The highest BCUT2D eigenvalue weighted by Gasteiger charge is 2.49. The van der Waals surface area contributed by atoms with Gasteiger partial charge in [-0.15, -0.1) is 0 Å². The molecule has 0 bridgehead atoms. The number of hydrogen-bond donors (Lipinski definition) is 2. The number of nitrogens with zero attached hydrogens (tertiary/aromatic N) is 1. The molecule has 0 fully saturated rings. The highest BCUT2D eigenvalue weighted by molar-refractivity contribution is 6.03. The predicted molar refractivity (Wildman–Crippen MR) is 139 cm³/mol. The Kier molecular flexibility index (Phi) is 7.37. The standard InChI is InChI=1S/C30H34N2O3/c1-21(2)24-15-12-23(13-16-24)20-32-27-11-7-6-10-25(27)18-19-30(31,29(32)35)26(28(33)34)17-14-22-8-4-3-5-9-22/h3-13,15-16,21,26H,14,17-20,31H2,1-2H3,(H,33,34)/t26-,30?/m1/s1.